The lowest BCUT2D eigenvalue weighted by Crippen LogP contribution is -2.33. The Kier molecular flexibility index (Phi) is 12.7. The predicted octanol–water partition coefficient (Wildman–Crippen LogP) is 1.51. The van der Waals surface area contributed by atoms with Crippen LogP contribution in [-0.2, 0) is 41.6 Å². The molecule has 37 heavy (non-hydrogen) atoms. The van der Waals surface area contributed by atoms with Crippen LogP contribution in [0.3, 0.4) is 0 Å². The summed E-state index contributed by atoms with van der Waals surface area (Å²) < 4.78 is 51.3. The van der Waals surface area contributed by atoms with Crippen molar-refractivity contribution < 1.29 is 51.3 Å². The molecule has 210 valence electrons. The first-order chi connectivity index (χ1) is 17.5. The third kappa shape index (κ3) is 10.8. The number of aromatic amines is 1. The third-order valence-electron chi connectivity index (χ3n) is 5.25. The summed E-state index contributed by atoms with van der Waals surface area (Å²) in [7, 11) is -9.00. The Morgan fingerprint density at radius 2 is 1.65 bits per heavy atom. The van der Waals surface area contributed by atoms with Crippen LogP contribution in [0.15, 0.2) is 15.8 Å². The van der Waals surface area contributed by atoms with Gasteiger partial charge in [-0.15, -0.1) is 0 Å². The van der Waals surface area contributed by atoms with Gasteiger partial charge in [0, 0.05) is 37.4 Å². The zero-order valence-electron chi connectivity index (χ0n) is 20.3. The van der Waals surface area contributed by atoms with E-state index in [1.807, 2.05) is 0 Å². The second-order valence-corrected chi connectivity index (χ2v) is 11.0. The molecule has 2 heterocycles. The summed E-state index contributed by atoms with van der Waals surface area (Å²) in [5.41, 5.74) is -1.11. The molecule has 15 nitrogen and oxygen atoms in total. The summed E-state index contributed by atoms with van der Waals surface area (Å²) >= 11 is 0. The fraction of sp³-hybridized carbons (Fsp3) is 0.700. The maximum atomic E-state index is 12.5. The molecule has 0 bridgehead atoms. The summed E-state index contributed by atoms with van der Waals surface area (Å²) in [4.78, 5) is 66.8. The number of phosphoric ester groups is 2. The average Bonchev–Trinajstić information content (AvgIpc) is 3.20. The number of nitrogens with one attached hydrogen (secondary N) is 1. The van der Waals surface area contributed by atoms with Crippen LogP contribution in [0.2, 0.25) is 0 Å². The number of hydrogen-bond acceptors (Lipinski definition) is 11. The second-order valence-electron chi connectivity index (χ2n) is 8.18. The molecule has 1 aliphatic heterocycles. The number of carbonyl (C=O) groups excluding carboxylic acids is 2. The zero-order valence-corrected chi connectivity index (χ0v) is 22.1. The first kappa shape index (κ1) is 31.4. The number of rotatable bonds is 18. The molecule has 0 aliphatic carbocycles. The lowest BCUT2D eigenvalue weighted by atomic mass is 10.1. The van der Waals surface area contributed by atoms with Crippen molar-refractivity contribution in [1.29, 1.82) is 0 Å². The highest BCUT2D eigenvalue weighted by molar-refractivity contribution is 7.47. The molecular formula is C20H32N2O13P2. The molecule has 3 N–H and O–H groups in total. The van der Waals surface area contributed by atoms with Gasteiger partial charge >= 0.3 is 21.3 Å². The van der Waals surface area contributed by atoms with Crippen LogP contribution in [0.4, 0.5) is 0 Å². The predicted molar refractivity (Wildman–Crippen MR) is 127 cm³/mol. The van der Waals surface area contributed by atoms with Gasteiger partial charge in [0.05, 0.1) is 25.9 Å². The molecule has 0 spiro atoms. The normalized spacial score (nSPS) is 22.8. The molecule has 1 fully saturated rings. The molecule has 0 amide bonds. The van der Waals surface area contributed by atoms with Crippen LogP contribution in [-0.4, -0.2) is 63.9 Å². The van der Waals surface area contributed by atoms with Gasteiger partial charge < -0.3 is 24.1 Å². The number of hydrogen-bond donors (Lipinski definition) is 3. The molecule has 5 unspecified atom stereocenters. The van der Waals surface area contributed by atoms with Gasteiger partial charge in [-0.1, -0.05) is 0 Å². The summed E-state index contributed by atoms with van der Waals surface area (Å²) in [6.07, 6.45) is 0.869. The highest BCUT2D eigenvalue weighted by Gasteiger charge is 2.42. The molecule has 1 aliphatic rings. The standard InChI is InChI=1S/C20H32N2O13P2/c1-15-14-22(20(26)21-19(15)25)18-13-17(35-37(29,30)32-10-5-2-3-8-23)16(34-18)7-12-33-36(27,28)31-11-6-4-9-24/h8-9,14,16-18H,2-7,10-13H2,1H3,(H,27,28)(H,29,30)(H,21,25,26). The Morgan fingerprint density at radius 1 is 1.03 bits per heavy atom. The molecule has 0 aromatic carbocycles. The Labute approximate surface area is 212 Å². The first-order valence-corrected chi connectivity index (χ1v) is 14.6. The molecule has 2 rings (SSSR count). The Bertz CT molecular complexity index is 1100. The molecule has 1 aromatic heterocycles. The minimum atomic E-state index is -4.57. The SMILES string of the molecule is Cc1cn(C2CC(OP(=O)(O)OCCCCC=O)C(CCOP(=O)(O)OCCCC=O)O2)c(=O)[nH]c1=O. The van der Waals surface area contributed by atoms with Crippen LogP contribution in [0.5, 0.6) is 0 Å². The number of aldehydes is 2. The van der Waals surface area contributed by atoms with Crippen LogP contribution in [0, 0.1) is 6.92 Å². The van der Waals surface area contributed by atoms with E-state index in [9.17, 15) is 38.1 Å². The van der Waals surface area contributed by atoms with Crippen molar-refractivity contribution in [1.82, 2.24) is 9.55 Å². The zero-order chi connectivity index (χ0) is 27.5. The largest absolute Gasteiger partial charge is 0.472 e. The van der Waals surface area contributed by atoms with E-state index in [2.05, 4.69) is 4.98 Å². The smallest absolute Gasteiger partial charge is 0.352 e. The number of nitrogens with zero attached hydrogens (tertiary/aromatic N) is 1. The number of carbonyl (C=O) groups is 2. The number of aromatic nitrogens is 2. The van der Waals surface area contributed by atoms with Gasteiger partial charge in [-0.2, -0.15) is 0 Å². The minimum absolute atomic E-state index is 0.0892. The van der Waals surface area contributed by atoms with E-state index in [4.69, 9.17) is 22.8 Å². The Balaban J connectivity index is 2.07. The number of aryl methyl sites for hydroxylation is 1. The van der Waals surface area contributed by atoms with E-state index >= 15 is 0 Å². The lowest BCUT2D eigenvalue weighted by molar-refractivity contribution is -0.108. The fourth-order valence-corrected chi connectivity index (χ4v) is 5.17. The molecule has 0 saturated carbocycles. The van der Waals surface area contributed by atoms with Gasteiger partial charge in [0.1, 0.15) is 24.9 Å². The van der Waals surface area contributed by atoms with Crippen molar-refractivity contribution in [2.75, 3.05) is 19.8 Å². The van der Waals surface area contributed by atoms with Gasteiger partial charge in [0.2, 0.25) is 0 Å². The number of unbranched alkanes of at least 4 members (excludes halogenated alkanes) is 3. The van der Waals surface area contributed by atoms with Gasteiger partial charge in [0.25, 0.3) is 5.56 Å². The van der Waals surface area contributed by atoms with E-state index in [-0.39, 0.29) is 57.5 Å². The first-order valence-electron chi connectivity index (χ1n) is 11.6. The van der Waals surface area contributed by atoms with Crippen molar-refractivity contribution in [3.8, 4) is 0 Å². The van der Waals surface area contributed by atoms with Crippen molar-refractivity contribution in [3.63, 3.8) is 0 Å². The molecule has 0 radical (unpaired) electrons. The van der Waals surface area contributed by atoms with Crippen molar-refractivity contribution in [3.05, 3.63) is 32.6 Å². The van der Waals surface area contributed by atoms with Crippen LogP contribution < -0.4 is 11.2 Å². The maximum absolute atomic E-state index is 12.5. The average molecular weight is 570 g/mol. The van der Waals surface area contributed by atoms with Crippen molar-refractivity contribution in [2.45, 2.75) is 70.3 Å². The van der Waals surface area contributed by atoms with Crippen LogP contribution >= 0.6 is 15.6 Å². The molecule has 5 atom stereocenters. The van der Waals surface area contributed by atoms with E-state index in [0.29, 0.717) is 19.1 Å². The van der Waals surface area contributed by atoms with Gasteiger partial charge in [0.15, 0.2) is 0 Å². The summed E-state index contributed by atoms with van der Waals surface area (Å²) in [6.45, 7) is 0.796. The third-order valence-corrected chi connectivity index (χ3v) is 7.32. The maximum Gasteiger partial charge on any atom is 0.472 e. The number of phosphoric acid groups is 2. The topological polar surface area (TPSA) is 210 Å². The van der Waals surface area contributed by atoms with Crippen LogP contribution in [0.25, 0.3) is 0 Å². The van der Waals surface area contributed by atoms with E-state index in [1.54, 1.807) is 0 Å². The van der Waals surface area contributed by atoms with E-state index < -0.39 is 45.3 Å². The summed E-state index contributed by atoms with van der Waals surface area (Å²) in [6, 6.07) is 0. The van der Waals surface area contributed by atoms with Gasteiger partial charge in [-0.3, -0.25) is 32.4 Å². The number of ether oxygens (including phenoxy) is 1. The monoisotopic (exact) mass is 570 g/mol. The highest BCUT2D eigenvalue weighted by atomic mass is 31.2. The molecule has 17 heteroatoms. The van der Waals surface area contributed by atoms with E-state index in [1.165, 1.54) is 13.1 Å². The number of H-pyrrole nitrogens is 1. The fourth-order valence-electron chi connectivity index (χ4n) is 3.42. The Hall–Kier alpha value is -1.80. The lowest BCUT2D eigenvalue weighted by Gasteiger charge is -2.21. The van der Waals surface area contributed by atoms with Crippen molar-refractivity contribution in [2.24, 2.45) is 0 Å². The van der Waals surface area contributed by atoms with E-state index in [0.717, 1.165) is 10.9 Å². The minimum Gasteiger partial charge on any atom is -0.352 e. The van der Waals surface area contributed by atoms with Gasteiger partial charge in [-0.05, 0) is 26.2 Å². The second kappa shape index (κ2) is 15.0. The summed E-state index contributed by atoms with van der Waals surface area (Å²) in [5, 5.41) is 0. The molecule has 1 aromatic rings. The summed E-state index contributed by atoms with van der Waals surface area (Å²) in [5.74, 6) is 0. The van der Waals surface area contributed by atoms with Crippen LogP contribution in [0.1, 0.15) is 56.7 Å². The Morgan fingerprint density at radius 3 is 2.35 bits per heavy atom. The quantitative estimate of drug-likeness (QED) is 0.130. The highest BCUT2D eigenvalue weighted by Crippen LogP contribution is 2.49. The molecule has 1 saturated heterocycles. The molecular weight excluding hydrogens is 538 g/mol. The van der Waals surface area contributed by atoms with Gasteiger partial charge in [-0.25, -0.2) is 13.9 Å². The van der Waals surface area contributed by atoms with Crippen molar-refractivity contribution >= 4 is 28.2 Å².